The normalized spacial score (nSPS) is 10.6. The maximum atomic E-state index is 13.7. The zero-order valence-corrected chi connectivity index (χ0v) is 10.4. The van der Waals surface area contributed by atoms with Gasteiger partial charge in [0.2, 0.25) is 0 Å². The molecule has 2 aromatic rings. The third-order valence-corrected chi connectivity index (χ3v) is 2.86. The van der Waals surface area contributed by atoms with E-state index in [2.05, 4.69) is 0 Å². The summed E-state index contributed by atoms with van der Waals surface area (Å²) in [5, 5.41) is 0. The van der Waals surface area contributed by atoms with Crippen molar-refractivity contribution in [3.63, 3.8) is 0 Å². The van der Waals surface area contributed by atoms with Gasteiger partial charge in [-0.1, -0.05) is 6.07 Å². The van der Waals surface area contributed by atoms with E-state index in [-0.39, 0.29) is 18.1 Å². The highest BCUT2D eigenvalue weighted by atomic mass is 19.1. The van der Waals surface area contributed by atoms with E-state index in [1.165, 1.54) is 17.7 Å². The smallest absolute Gasteiger partial charge is 0.328 e. The van der Waals surface area contributed by atoms with Gasteiger partial charge in [-0.2, -0.15) is 0 Å². The molecule has 0 saturated carbocycles. The summed E-state index contributed by atoms with van der Waals surface area (Å²) >= 11 is 0. The molecule has 0 atom stereocenters. The minimum Gasteiger partial charge on any atom is -0.497 e. The zero-order chi connectivity index (χ0) is 13.1. The highest BCUT2D eigenvalue weighted by molar-refractivity contribution is 5.29. The van der Waals surface area contributed by atoms with Crippen LogP contribution in [0.4, 0.5) is 4.39 Å². The van der Waals surface area contributed by atoms with E-state index in [1.54, 1.807) is 29.1 Å². The summed E-state index contributed by atoms with van der Waals surface area (Å²) in [6.07, 6.45) is 3.36. The van der Waals surface area contributed by atoms with Crippen LogP contribution >= 0.6 is 0 Å². The lowest BCUT2D eigenvalue weighted by atomic mass is 10.2. The van der Waals surface area contributed by atoms with Gasteiger partial charge in [0.15, 0.2) is 0 Å². The lowest BCUT2D eigenvalue weighted by Gasteiger charge is -2.06. The van der Waals surface area contributed by atoms with Crippen molar-refractivity contribution in [2.24, 2.45) is 0 Å². The Morgan fingerprint density at radius 2 is 2.00 bits per heavy atom. The molecule has 0 aliphatic heterocycles. The number of imidazole rings is 1. The van der Waals surface area contributed by atoms with Gasteiger partial charge in [0.1, 0.15) is 11.6 Å². The Morgan fingerprint density at radius 3 is 2.56 bits per heavy atom. The molecule has 1 heterocycles. The Balaban J connectivity index is 2.28. The molecule has 0 fully saturated rings. The Hall–Kier alpha value is -2.04. The fourth-order valence-electron chi connectivity index (χ4n) is 1.78. The number of hydrogen-bond donors (Lipinski definition) is 0. The van der Waals surface area contributed by atoms with Crippen LogP contribution in [-0.4, -0.2) is 16.2 Å². The summed E-state index contributed by atoms with van der Waals surface area (Å²) in [7, 11) is 1.49. The molecule has 18 heavy (non-hydrogen) atoms. The van der Waals surface area contributed by atoms with Crippen molar-refractivity contribution in [2.75, 3.05) is 7.11 Å². The van der Waals surface area contributed by atoms with Gasteiger partial charge in [0, 0.05) is 30.6 Å². The monoisotopic (exact) mass is 250 g/mol. The molecule has 96 valence electrons. The van der Waals surface area contributed by atoms with Crippen LogP contribution in [0.2, 0.25) is 0 Å². The van der Waals surface area contributed by atoms with E-state index in [4.69, 9.17) is 4.74 Å². The van der Waals surface area contributed by atoms with Gasteiger partial charge in [-0.3, -0.25) is 9.13 Å². The number of rotatable bonds is 4. The molecule has 0 saturated heterocycles. The molecule has 0 aliphatic carbocycles. The molecule has 2 rings (SSSR count). The van der Waals surface area contributed by atoms with E-state index in [0.717, 1.165) is 0 Å². The molecule has 0 N–H and O–H groups in total. The van der Waals surface area contributed by atoms with Crippen LogP contribution in [-0.2, 0) is 13.1 Å². The number of aromatic nitrogens is 2. The predicted molar refractivity (Wildman–Crippen MR) is 66.4 cm³/mol. The maximum absolute atomic E-state index is 13.7. The first-order valence-corrected chi connectivity index (χ1v) is 5.73. The number of ether oxygens (including phenoxy) is 1. The lowest BCUT2D eigenvalue weighted by molar-refractivity contribution is 0.410. The van der Waals surface area contributed by atoms with Gasteiger partial charge in [-0.05, 0) is 13.0 Å². The summed E-state index contributed by atoms with van der Waals surface area (Å²) in [6, 6.07) is 4.63. The number of nitrogens with zero attached hydrogens (tertiary/aromatic N) is 2. The first-order chi connectivity index (χ1) is 8.65. The van der Waals surface area contributed by atoms with E-state index in [9.17, 15) is 9.18 Å². The Kier molecular flexibility index (Phi) is 3.50. The molecule has 0 unspecified atom stereocenters. The van der Waals surface area contributed by atoms with E-state index in [1.807, 2.05) is 6.92 Å². The third-order valence-electron chi connectivity index (χ3n) is 2.86. The highest BCUT2D eigenvalue weighted by Gasteiger charge is 2.07. The summed E-state index contributed by atoms with van der Waals surface area (Å²) in [6.45, 7) is 2.72. The van der Waals surface area contributed by atoms with Crippen LogP contribution in [0.1, 0.15) is 12.5 Å². The minimum atomic E-state index is -0.370. The third kappa shape index (κ3) is 2.30. The molecule has 0 spiro atoms. The number of halogens is 1. The molecule has 0 radical (unpaired) electrons. The van der Waals surface area contributed by atoms with Crippen LogP contribution in [0.3, 0.4) is 0 Å². The van der Waals surface area contributed by atoms with Gasteiger partial charge < -0.3 is 4.74 Å². The number of benzene rings is 1. The van der Waals surface area contributed by atoms with Crippen molar-refractivity contribution in [3.05, 3.63) is 52.5 Å². The van der Waals surface area contributed by atoms with Crippen molar-refractivity contribution in [1.82, 2.24) is 9.13 Å². The number of hydrogen-bond acceptors (Lipinski definition) is 2. The Labute approximate surface area is 104 Å². The van der Waals surface area contributed by atoms with Crippen LogP contribution < -0.4 is 10.4 Å². The summed E-state index contributed by atoms with van der Waals surface area (Å²) in [5.74, 6) is 0.0974. The SMILES string of the molecule is CCn1ccn(Cc2ccc(OC)cc2F)c1=O. The van der Waals surface area contributed by atoms with Crippen molar-refractivity contribution >= 4 is 0 Å². The van der Waals surface area contributed by atoms with E-state index < -0.39 is 0 Å². The molecule has 5 heteroatoms. The van der Waals surface area contributed by atoms with Crippen LogP contribution in [0, 0.1) is 5.82 Å². The second kappa shape index (κ2) is 5.08. The van der Waals surface area contributed by atoms with Gasteiger partial charge in [-0.15, -0.1) is 0 Å². The van der Waals surface area contributed by atoms with Gasteiger partial charge in [0.25, 0.3) is 0 Å². The fourth-order valence-corrected chi connectivity index (χ4v) is 1.78. The lowest BCUT2D eigenvalue weighted by Crippen LogP contribution is -2.24. The topological polar surface area (TPSA) is 36.2 Å². The molecular weight excluding hydrogens is 235 g/mol. The number of aryl methyl sites for hydroxylation is 1. The second-order valence-corrected chi connectivity index (χ2v) is 3.95. The average Bonchev–Trinajstić information content (AvgIpc) is 2.73. The number of methoxy groups -OCH3 is 1. The van der Waals surface area contributed by atoms with Crippen molar-refractivity contribution in [1.29, 1.82) is 0 Å². The summed E-state index contributed by atoms with van der Waals surface area (Å²) in [4.78, 5) is 11.8. The molecule has 0 amide bonds. The second-order valence-electron chi connectivity index (χ2n) is 3.95. The van der Waals surface area contributed by atoms with Gasteiger partial charge in [0.05, 0.1) is 13.7 Å². The fraction of sp³-hybridized carbons (Fsp3) is 0.308. The van der Waals surface area contributed by atoms with Crippen molar-refractivity contribution in [2.45, 2.75) is 20.0 Å². The predicted octanol–water partition coefficient (Wildman–Crippen LogP) is 1.87. The standard InChI is InChI=1S/C13H15FN2O2/c1-3-15-6-7-16(13(15)17)9-10-4-5-11(18-2)8-12(10)14/h4-8H,3,9H2,1-2H3. The molecule has 1 aromatic carbocycles. The van der Waals surface area contributed by atoms with Crippen molar-refractivity contribution in [3.8, 4) is 5.75 Å². The van der Waals surface area contributed by atoms with Gasteiger partial charge >= 0.3 is 5.69 Å². The van der Waals surface area contributed by atoms with E-state index in [0.29, 0.717) is 17.9 Å². The first-order valence-electron chi connectivity index (χ1n) is 5.73. The molecule has 0 aliphatic rings. The summed E-state index contributed by atoms with van der Waals surface area (Å²) < 4.78 is 21.7. The van der Waals surface area contributed by atoms with Gasteiger partial charge in [-0.25, -0.2) is 9.18 Å². The Morgan fingerprint density at radius 1 is 1.28 bits per heavy atom. The summed E-state index contributed by atoms with van der Waals surface area (Å²) in [5.41, 5.74) is 0.333. The molecule has 1 aromatic heterocycles. The van der Waals surface area contributed by atoms with E-state index >= 15 is 0 Å². The molecular formula is C13H15FN2O2. The van der Waals surface area contributed by atoms with Crippen LogP contribution in [0.25, 0.3) is 0 Å². The van der Waals surface area contributed by atoms with Crippen LogP contribution in [0.5, 0.6) is 5.75 Å². The molecule has 4 nitrogen and oxygen atoms in total. The van der Waals surface area contributed by atoms with Crippen molar-refractivity contribution < 1.29 is 9.13 Å². The molecule has 0 bridgehead atoms. The average molecular weight is 250 g/mol. The quantitative estimate of drug-likeness (QED) is 0.830. The highest BCUT2D eigenvalue weighted by Crippen LogP contribution is 2.16. The zero-order valence-electron chi connectivity index (χ0n) is 10.4. The Bertz CT molecular complexity index is 601. The first kappa shape index (κ1) is 12.4. The van der Waals surface area contributed by atoms with Crippen LogP contribution in [0.15, 0.2) is 35.4 Å². The largest absolute Gasteiger partial charge is 0.497 e. The maximum Gasteiger partial charge on any atom is 0.328 e. The minimum absolute atomic E-state index is 0.132.